The van der Waals surface area contributed by atoms with Gasteiger partial charge in [0.05, 0.1) is 0 Å². The molecule has 1 fully saturated rings. The molecule has 18 heavy (non-hydrogen) atoms. The maximum Gasteiger partial charge on any atom is 0.323 e. The quantitative estimate of drug-likeness (QED) is 0.851. The van der Waals surface area contributed by atoms with E-state index < -0.39 is 5.97 Å². The summed E-state index contributed by atoms with van der Waals surface area (Å²) in [4.78, 5) is 26.3. The van der Waals surface area contributed by atoms with E-state index in [1.54, 1.807) is 4.90 Å². The molecular formula is C12H22N2O3S. The van der Waals surface area contributed by atoms with Crippen molar-refractivity contribution in [3.8, 4) is 0 Å². The maximum atomic E-state index is 12.3. The van der Waals surface area contributed by atoms with Gasteiger partial charge in [0, 0.05) is 29.6 Å². The van der Waals surface area contributed by atoms with Crippen molar-refractivity contribution in [2.75, 3.05) is 25.4 Å². The molecule has 1 heterocycles. The summed E-state index contributed by atoms with van der Waals surface area (Å²) in [7, 11) is 0. The monoisotopic (exact) mass is 274 g/mol. The Morgan fingerprint density at radius 2 is 2.06 bits per heavy atom. The summed E-state index contributed by atoms with van der Waals surface area (Å²) >= 11 is 1.85. The van der Waals surface area contributed by atoms with Crippen molar-refractivity contribution >= 4 is 23.8 Å². The Hall–Kier alpha value is -0.910. The molecule has 0 atom stereocenters. The normalized spacial score (nSPS) is 18.8. The van der Waals surface area contributed by atoms with Gasteiger partial charge in [-0.25, -0.2) is 4.79 Å². The molecule has 0 aliphatic carbocycles. The SMILES string of the molecule is CC(C)N(CC(=O)O)C(=O)N1CCSC(C)(C)C1. The summed E-state index contributed by atoms with van der Waals surface area (Å²) < 4.78 is 0.0415. The van der Waals surface area contributed by atoms with Gasteiger partial charge >= 0.3 is 12.0 Å². The first-order chi connectivity index (χ1) is 8.23. The lowest BCUT2D eigenvalue weighted by Gasteiger charge is -2.40. The van der Waals surface area contributed by atoms with Gasteiger partial charge in [0.25, 0.3) is 0 Å². The molecule has 0 aromatic heterocycles. The summed E-state index contributed by atoms with van der Waals surface area (Å²) in [5.41, 5.74) is 0. The Labute approximate surface area is 113 Å². The summed E-state index contributed by atoms with van der Waals surface area (Å²) in [6.07, 6.45) is 0. The summed E-state index contributed by atoms with van der Waals surface area (Å²) in [6.45, 7) is 9.01. The van der Waals surface area contributed by atoms with E-state index in [0.717, 1.165) is 5.75 Å². The largest absolute Gasteiger partial charge is 0.480 e. The zero-order valence-electron chi connectivity index (χ0n) is 11.5. The smallest absolute Gasteiger partial charge is 0.323 e. The number of urea groups is 1. The first kappa shape index (κ1) is 15.1. The van der Waals surface area contributed by atoms with Gasteiger partial charge in [0.2, 0.25) is 0 Å². The van der Waals surface area contributed by atoms with Crippen molar-refractivity contribution < 1.29 is 14.7 Å². The Balaban J connectivity index is 2.73. The minimum Gasteiger partial charge on any atom is -0.480 e. The number of amides is 2. The topological polar surface area (TPSA) is 60.9 Å². The number of rotatable bonds is 3. The molecule has 0 spiro atoms. The second-order valence-electron chi connectivity index (χ2n) is 5.43. The highest BCUT2D eigenvalue weighted by atomic mass is 32.2. The van der Waals surface area contributed by atoms with Crippen molar-refractivity contribution in [3.63, 3.8) is 0 Å². The molecule has 0 aromatic carbocycles. The minimum atomic E-state index is -0.970. The number of hydrogen-bond acceptors (Lipinski definition) is 3. The van der Waals surface area contributed by atoms with Crippen LogP contribution in [0.1, 0.15) is 27.7 Å². The first-order valence-corrected chi connectivity index (χ1v) is 7.13. The van der Waals surface area contributed by atoms with Crippen LogP contribution in [0.15, 0.2) is 0 Å². The molecule has 5 nitrogen and oxygen atoms in total. The third kappa shape index (κ3) is 4.08. The van der Waals surface area contributed by atoms with Crippen LogP contribution in [0.2, 0.25) is 0 Å². The Bertz CT molecular complexity index is 331. The Kier molecular flexibility index (Phi) is 4.90. The molecule has 0 unspecified atom stereocenters. The highest BCUT2D eigenvalue weighted by Crippen LogP contribution is 2.30. The molecule has 0 saturated carbocycles. The van der Waals surface area contributed by atoms with Crippen molar-refractivity contribution in [2.24, 2.45) is 0 Å². The molecule has 6 heteroatoms. The van der Waals surface area contributed by atoms with Gasteiger partial charge in [-0.15, -0.1) is 0 Å². The van der Waals surface area contributed by atoms with Gasteiger partial charge in [-0.1, -0.05) is 0 Å². The van der Waals surface area contributed by atoms with Gasteiger partial charge in [-0.05, 0) is 27.7 Å². The standard InChI is InChI=1S/C12H22N2O3S/c1-9(2)14(7-10(15)16)11(17)13-5-6-18-12(3,4)8-13/h9H,5-8H2,1-4H3,(H,15,16). The van der Waals surface area contributed by atoms with Gasteiger partial charge in [0.15, 0.2) is 0 Å². The van der Waals surface area contributed by atoms with Crippen LogP contribution in [0.4, 0.5) is 4.79 Å². The zero-order valence-corrected chi connectivity index (χ0v) is 12.3. The molecule has 0 aromatic rings. The number of thioether (sulfide) groups is 1. The van der Waals surface area contributed by atoms with Crippen LogP contribution in [0.5, 0.6) is 0 Å². The number of carbonyl (C=O) groups is 2. The highest BCUT2D eigenvalue weighted by Gasteiger charge is 2.33. The van der Waals surface area contributed by atoms with Crippen LogP contribution >= 0.6 is 11.8 Å². The average Bonchev–Trinajstić information content (AvgIpc) is 2.23. The summed E-state index contributed by atoms with van der Waals surface area (Å²) in [5.74, 6) is -0.0692. The third-order valence-electron chi connectivity index (χ3n) is 2.87. The molecule has 1 saturated heterocycles. The number of hydrogen-bond donors (Lipinski definition) is 1. The van der Waals surface area contributed by atoms with Gasteiger partial charge in [-0.3, -0.25) is 4.79 Å². The van der Waals surface area contributed by atoms with Crippen LogP contribution in [0.3, 0.4) is 0 Å². The molecule has 1 N–H and O–H groups in total. The molecule has 2 amide bonds. The first-order valence-electron chi connectivity index (χ1n) is 6.14. The van der Waals surface area contributed by atoms with E-state index >= 15 is 0 Å². The molecule has 1 rings (SSSR count). The van der Waals surface area contributed by atoms with E-state index in [1.165, 1.54) is 4.90 Å². The molecule has 104 valence electrons. The predicted octanol–water partition coefficient (Wildman–Crippen LogP) is 1.73. The van der Waals surface area contributed by atoms with Gasteiger partial charge in [0.1, 0.15) is 6.54 Å². The van der Waals surface area contributed by atoms with Crippen molar-refractivity contribution in [3.05, 3.63) is 0 Å². The lowest BCUT2D eigenvalue weighted by Crippen LogP contribution is -2.54. The summed E-state index contributed by atoms with van der Waals surface area (Å²) in [6, 6.07) is -0.271. The third-order valence-corrected chi connectivity index (χ3v) is 4.17. The molecule has 1 aliphatic rings. The fourth-order valence-electron chi connectivity index (χ4n) is 1.98. The van der Waals surface area contributed by atoms with Crippen LogP contribution in [0.25, 0.3) is 0 Å². The van der Waals surface area contributed by atoms with Crippen molar-refractivity contribution in [2.45, 2.75) is 38.5 Å². The number of carbonyl (C=O) groups excluding carboxylic acids is 1. The fourth-order valence-corrected chi connectivity index (χ4v) is 3.09. The van der Waals surface area contributed by atoms with E-state index in [2.05, 4.69) is 13.8 Å². The van der Waals surface area contributed by atoms with E-state index in [4.69, 9.17) is 5.11 Å². The Morgan fingerprint density at radius 1 is 1.44 bits per heavy atom. The Morgan fingerprint density at radius 3 is 2.50 bits per heavy atom. The van der Waals surface area contributed by atoms with Gasteiger partial charge < -0.3 is 14.9 Å². The average molecular weight is 274 g/mol. The highest BCUT2D eigenvalue weighted by molar-refractivity contribution is 8.00. The van der Waals surface area contributed by atoms with E-state index in [0.29, 0.717) is 13.1 Å². The number of carboxylic acid groups (broad SMARTS) is 1. The maximum absolute atomic E-state index is 12.3. The van der Waals surface area contributed by atoms with E-state index in [1.807, 2.05) is 25.6 Å². The van der Waals surface area contributed by atoms with E-state index in [9.17, 15) is 9.59 Å². The van der Waals surface area contributed by atoms with Gasteiger partial charge in [-0.2, -0.15) is 11.8 Å². The van der Waals surface area contributed by atoms with Crippen LogP contribution in [0, 0.1) is 0 Å². The zero-order chi connectivity index (χ0) is 13.9. The number of nitrogens with zero attached hydrogens (tertiary/aromatic N) is 2. The molecule has 0 radical (unpaired) electrons. The van der Waals surface area contributed by atoms with Crippen LogP contribution < -0.4 is 0 Å². The van der Waals surface area contributed by atoms with Crippen LogP contribution in [-0.2, 0) is 4.79 Å². The van der Waals surface area contributed by atoms with E-state index in [-0.39, 0.29) is 23.4 Å². The lowest BCUT2D eigenvalue weighted by molar-refractivity contribution is -0.138. The number of aliphatic carboxylic acids is 1. The predicted molar refractivity (Wildman–Crippen MR) is 73.0 cm³/mol. The second-order valence-corrected chi connectivity index (χ2v) is 7.23. The lowest BCUT2D eigenvalue weighted by atomic mass is 10.2. The molecular weight excluding hydrogens is 252 g/mol. The molecule has 0 bridgehead atoms. The minimum absolute atomic E-state index is 0.0415. The molecule has 1 aliphatic heterocycles. The summed E-state index contributed by atoms with van der Waals surface area (Å²) in [5, 5.41) is 8.87. The second kappa shape index (κ2) is 5.82. The number of carboxylic acids is 1. The van der Waals surface area contributed by atoms with Crippen molar-refractivity contribution in [1.82, 2.24) is 9.80 Å². The van der Waals surface area contributed by atoms with Crippen LogP contribution in [-0.4, -0.2) is 63.1 Å². The van der Waals surface area contributed by atoms with Crippen molar-refractivity contribution in [1.29, 1.82) is 0 Å². The fraction of sp³-hybridized carbons (Fsp3) is 0.833.